The van der Waals surface area contributed by atoms with Crippen molar-refractivity contribution >= 4 is 0 Å². The molecule has 0 amide bonds. The third kappa shape index (κ3) is 49.2. The summed E-state index contributed by atoms with van der Waals surface area (Å²) in [6, 6.07) is 0. The van der Waals surface area contributed by atoms with Crippen molar-refractivity contribution in [3.05, 3.63) is 0 Å². The van der Waals surface area contributed by atoms with Gasteiger partial charge in [-0.1, -0.05) is 190 Å². The van der Waals surface area contributed by atoms with Crippen LogP contribution in [0.5, 0.6) is 0 Å². The average molecular weight is 491 g/mol. The van der Waals surface area contributed by atoms with Crippen molar-refractivity contribution in [2.24, 2.45) is 28.6 Å². The molecule has 1 atom stereocenters. The van der Waals surface area contributed by atoms with Crippen molar-refractivity contribution in [3.63, 3.8) is 0 Å². The molecule has 34 heavy (non-hydrogen) atoms. The highest BCUT2D eigenvalue weighted by molar-refractivity contribution is 4.84. The molecule has 218 valence electrons. The highest BCUT2D eigenvalue weighted by Gasteiger charge is 2.34. The summed E-state index contributed by atoms with van der Waals surface area (Å²) in [6.45, 7) is 45.6. The SMILES string of the molecule is C1CCC1.CC.CC.CC.CC.CC(C)C.CC(C)C(C)C.CCCCC(C)(CC)C(C)(C)C. The van der Waals surface area contributed by atoms with Crippen LogP contribution in [0.4, 0.5) is 0 Å². The molecule has 0 aromatic rings. The minimum absolute atomic E-state index is 0.455. The summed E-state index contributed by atoms with van der Waals surface area (Å²) in [6.07, 6.45) is 11.4. The molecule has 0 bridgehead atoms. The Kier molecular flexibility index (Phi) is 60.0. The first-order chi connectivity index (χ1) is 15.7. The molecular weight excluding hydrogens is 408 g/mol. The zero-order valence-corrected chi connectivity index (χ0v) is 29.4. The van der Waals surface area contributed by atoms with Gasteiger partial charge in [0.15, 0.2) is 0 Å². The van der Waals surface area contributed by atoms with E-state index in [1.165, 1.54) is 51.4 Å². The summed E-state index contributed by atoms with van der Waals surface area (Å²) >= 11 is 0. The van der Waals surface area contributed by atoms with E-state index in [2.05, 4.69) is 90.0 Å². The van der Waals surface area contributed by atoms with Crippen LogP contribution < -0.4 is 0 Å². The maximum Gasteiger partial charge on any atom is -0.0280 e. The van der Waals surface area contributed by atoms with Crippen LogP contribution in [-0.2, 0) is 0 Å². The van der Waals surface area contributed by atoms with Gasteiger partial charge in [-0.05, 0) is 35.0 Å². The van der Waals surface area contributed by atoms with Gasteiger partial charge in [-0.15, -0.1) is 0 Å². The van der Waals surface area contributed by atoms with Gasteiger partial charge in [0.2, 0.25) is 0 Å². The largest absolute Gasteiger partial charge is 0.0683 e. The number of hydrogen-bond acceptors (Lipinski definition) is 0. The molecule has 0 aromatic heterocycles. The summed E-state index contributed by atoms with van der Waals surface area (Å²) < 4.78 is 0. The van der Waals surface area contributed by atoms with Crippen LogP contribution in [0.15, 0.2) is 0 Å². The Morgan fingerprint density at radius 2 is 0.765 bits per heavy atom. The van der Waals surface area contributed by atoms with Gasteiger partial charge < -0.3 is 0 Å². The van der Waals surface area contributed by atoms with E-state index in [4.69, 9.17) is 0 Å². The Morgan fingerprint density at radius 1 is 0.529 bits per heavy atom. The summed E-state index contributed by atoms with van der Waals surface area (Å²) in [7, 11) is 0. The van der Waals surface area contributed by atoms with Crippen molar-refractivity contribution in [2.45, 2.75) is 197 Å². The molecular formula is C34H82. The first-order valence-electron chi connectivity index (χ1n) is 15.7. The second-order valence-electron chi connectivity index (χ2n) is 10.9. The average Bonchev–Trinajstić information content (AvgIpc) is 2.75. The fourth-order valence-corrected chi connectivity index (χ4v) is 1.90. The van der Waals surface area contributed by atoms with Crippen LogP contribution in [0.1, 0.15) is 197 Å². The van der Waals surface area contributed by atoms with Gasteiger partial charge in [0.05, 0.1) is 0 Å². The van der Waals surface area contributed by atoms with E-state index in [9.17, 15) is 0 Å². The lowest BCUT2D eigenvalue weighted by molar-refractivity contribution is 0.0881. The van der Waals surface area contributed by atoms with E-state index in [0.717, 1.165) is 17.8 Å². The van der Waals surface area contributed by atoms with Crippen molar-refractivity contribution in [1.82, 2.24) is 0 Å². The Morgan fingerprint density at radius 3 is 0.853 bits per heavy atom. The van der Waals surface area contributed by atoms with Crippen LogP contribution in [0.3, 0.4) is 0 Å². The summed E-state index contributed by atoms with van der Waals surface area (Å²) in [5, 5.41) is 0. The fraction of sp³-hybridized carbons (Fsp3) is 1.00. The minimum Gasteiger partial charge on any atom is -0.0683 e. The van der Waals surface area contributed by atoms with Gasteiger partial charge in [0.25, 0.3) is 0 Å². The van der Waals surface area contributed by atoms with Crippen LogP contribution >= 0.6 is 0 Å². The quantitative estimate of drug-likeness (QED) is 0.359. The van der Waals surface area contributed by atoms with Crippen molar-refractivity contribution in [2.75, 3.05) is 0 Å². The fourth-order valence-electron chi connectivity index (χ4n) is 1.90. The van der Waals surface area contributed by atoms with Crippen LogP contribution in [0, 0.1) is 28.6 Å². The Bertz CT molecular complexity index is 249. The lowest BCUT2D eigenvalue weighted by atomic mass is 9.64. The van der Waals surface area contributed by atoms with E-state index in [0.29, 0.717) is 10.8 Å². The third-order valence-corrected chi connectivity index (χ3v) is 6.01. The molecule has 0 aliphatic heterocycles. The highest BCUT2D eigenvalue weighted by Crippen LogP contribution is 2.44. The molecule has 0 aromatic carbocycles. The minimum atomic E-state index is 0.455. The maximum atomic E-state index is 2.43. The molecule has 0 saturated heterocycles. The molecule has 0 radical (unpaired) electrons. The maximum absolute atomic E-state index is 2.43. The summed E-state index contributed by atoms with van der Waals surface area (Å²) in [5.74, 6) is 2.54. The van der Waals surface area contributed by atoms with E-state index in [1.54, 1.807) is 0 Å². The van der Waals surface area contributed by atoms with E-state index in [1.807, 2.05) is 55.4 Å². The molecule has 1 fully saturated rings. The predicted molar refractivity (Wildman–Crippen MR) is 171 cm³/mol. The summed E-state index contributed by atoms with van der Waals surface area (Å²) in [4.78, 5) is 0. The molecule has 1 unspecified atom stereocenters. The topological polar surface area (TPSA) is 0 Å². The van der Waals surface area contributed by atoms with Crippen LogP contribution in [0.2, 0.25) is 0 Å². The van der Waals surface area contributed by atoms with Gasteiger partial charge >= 0.3 is 0 Å². The van der Waals surface area contributed by atoms with Crippen molar-refractivity contribution in [3.8, 4) is 0 Å². The van der Waals surface area contributed by atoms with E-state index in [-0.39, 0.29) is 0 Å². The first kappa shape index (κ1) is 50.8. The summed E-state index contributed by atoms with van der Waals surface area (Å²) in [5.41, 5.74) is 0.986. The molecule has 0 heteroatoms. The first-order valence-corrected chi connectivity index (χ1v) is 15.7. The number of rotatable bonds is 5. The molecule has 0 heterocycles. The Labute approximate surface area is 225 Å². The van der Waals surface area contributed by atoms with Crippen molar-refractivity contribution in [1.29, 1.82) is 0 Å². The van der Waals surface area contributed by atoms with Gasteiger partial charge in [-0.25, -0.2) is 0 Å². The molecule has 1 rings (SSSR count). The lowest BCUT2D eigenvalue weighted by Crippen LogP contribution is -2.32. The van der Waals surface area contributed by atoms with Crippen LogP contribution in [-0.4, -0.2) is 0 Å². The molecule has 0 nitrogen and oxygen atoms in total. The third-order valence-electron chi connectivity index (χ3n) is 6.01. The highest BCUT2D eigenvalue weighted by atomic mass is 14.4. The van der Waals surface area contributed by atoms with Gasteiger partial charge in [-0.3, -0.25) is 0 Å². The number of unbranched alkanes of at least 4 members (excludes halogenated alkanes) is 1. The predicted octanol–water partition coefficient (Wildman–Crippen LogP) is 14.3. The van der Waals surface area contributed by atoms with E-state index >= 15 is 0 Å². The Balaban J connectivity index is -0.0000000560. The molecule has 0 N–H and O–H groups in total. The second-order valence-corrected chi connectivity index (χ2v) is 10.9. The molecule has 1 saturated carbocycles. The Hall–Kier alpha value is 0. The smallest absolute Gasteiger partial charge is 0.0280 e. The number of hydrogen-bond donors (Lipinski definition) is 0. The van der Waals surface area contributed by atoms with E-state index < -0.39 is 0 Å². The normalized spacial score (nSPS) is 12.7. The molecule has 0 spiro atoms. The van der Waals surface area contributed by atoms with Gasteiger partial charge in [0.1, 0.15) is 0 Å². The van der Waals surface area contributed by atoms with Crippen LogP contribution in [0.25, 0.3) is 0 Å². The van der Waals surface area contributed by atoms with Gasteiger partial charge in [-0.2, -0.15) is 0 Å². The monoisotopic (exact) mass is 491 g/mol. The molecule has 1 aliphatic carbocycles. The van der Waals surface area contributed by atoms with Crippen molar-refractivity contribution < 1.29 is 0 Å². The van der Waals surface area contributed by atoms with Gasteiger partial charge in [0, 0.05) is 0 Å². The zero-order valence-electron chi connectivity index (χ0n) is 29.4. The lowest BCUT2D eigenvalue weighted by Gasteiger charge is -2.41. The molecule has 1 aliphatic rings. The standard InChI is InChI=1S/C12H26.C6H14.C4H8.C4H10.4C2H6/c1-7-9-10-12(6,8-2)11(3,4)5;1-5(2)6(3)4;1-2-4-3-1;1-4(2)3;4*1-2/h7-10H2,1-6H3;5-6H,1-4H3;1-4H2;4H,1-3H3;4*1-2H3. The second kappa shape index (κ2) is 40.2. The zero-order chi connectivity index (χ0) is 29.4.